The van der Waals surface area contributed by atoms with Crippen molar-refractivity contribution in [1.82, 2.24) is 10.2 Å². The molecule has 3 rings (SSSR count). The molecule has 2 amide bonds. The largest absolute Gasteiger partial charge is 0.350 e. The topological polar surface area (TPSA) is 49.4 Å². The van der Waals surface area contributed by atoms with Crippen LogP contribution in [0.2, 0.25) is 0 Å². The van der Waals surface area contributed by atoms with Crippen molar-refractivity contribution in [3.63, 3.8) is 0 Å². The van der Waals surface area contributed by atoms with E-state index in [0.717, 1.165) is 11.1 Å². The van der Waals surface area contributed by atoms with Crippen LogP contribution < -0.4 is 5.32 Å². The summed E-state index contributed by atoms with van der Waals surface area (Å²) in [6, 6.07) is 17.8. The maximum absolute atomic E-state index is 12.7. The summed E-state index contributed by atoms with van der Waals surface area (Å²) in [6.45, 7) is 6.84. The number of thioether (sulfide) groups is 1. The molecule has 4 nitrogen and oxygen atoms in total. The van der Waals surface area contributed by atoms with Gasteiger partial charge in [-0.1, -0.05) is 99.3 Å². The van der Waals surface area contributed by atoms with Crippen molar-refractivity contribution in [3.8, 4) is 0 Å². The van der Waals surface area contributed by atoms with Gasteiger partial charge in [-0.3, -0.25) is 14.5 Å². The molecule has 1 N–H and O–H groups in total. The molecule has 0 saturated carbocycles. The first kappa shape index (κ1) is 21.3. The maximum atomic E-state index is 12.7. The van der Waals surface area contributed by atoms with Crippen molar-refractivity contribution in [2.75, 3.05) is 6.54 Å². The van der Waals surface area contributed by atoms with Gasteiger partial charge in [-0.05, 0) is 28.2 Å². The van der Waals surface area contributed by atoms with Crippen LogP contribution in [0.5, 0.6) is 0 Å². The normalized spacial score (nSPS) is 15.8. The zero-order valence-electron chi connectivity index (χ0n) is 16.8. The van der Waals surface area contributed by atoms with E-state index in [0.29, 0.717) is 15.8 Å². The van der Waals surface area contributed by atoms with Crippen molar-refractivity contribution in [2.24, 2.45) is 0 Å². The number of carbonyl (C=O) groups excluding carboxylic acids is 2. The summed E-state index contributed by atoms with van der Waals surface area (Å²) in [5, 5.41) is 2.83. The number of rotatable bonds is 5. The Hall–Kier alpha value is -2.44. The summed E-state index contributed by atoms with van der Waals surface area (Å²) >= 11 is 6.56. The monoisotopic (exact) mass is 424 g/mol. The van der Waals surface area contributed by atoms with Gasteiger partial charge in [0.25, 0.3) is 5.91 Å². The lowest BCUT2D eigenvalue weighted by Gasteiger charge is -2.18. The molecular formula is C23H24N2O2S2. The van der Waals surface area contributed by atoms with Gasteiger partial charge in [-0.25, -0.2) is 0 Å². The van der Waals surface area contributed by atoms with Gasteiger partial charge in [-0.2, -0.15) is 0 Å². The molecule has 1 fully saturated rings. The Labute approximate surface area is 181 Å². The fourth-order valence-electron chi connectivity index (χ4n) is 2.86. The quantitative estimate of drug-likeness (QED) is 0.567. The Bertz CT molecular complexity index is 945. The van der Waals surface area contributed by atoms with Crippen LogP contribution in [0.4, 0.5) is 0 Å². The average Bonchev–Trinajstić information content (AvgIpc) is 2.94. The zero-order valence-corrected chi connectivity index (χ0v) is 18.4. The van der Waals surface area contributed by atoms with E-state index >= 15 is 0 Å². The minimum atomic E-state index is -0.235. The van der Waals surface area contributed by atoms with Gasteiger partial charge in [0, 0.05) is 6.54 Å². The molecule has 2 aromatic rings. The molecule has 0 bridgehead atoms. The first-order chi connectivity index (χ1) is 13.7. The minimum absolute atomic E-state index is 0.0716. The van der Waals surface area contributed by atoms with E-state index in [1.165, 1.54) is 22.2 Å². The first-order valence-corrected chi connectivity index (χ1v) is 10.6. The molecule has 0 aliphatic carbocycles. The van der Waals surface area contributed by atoms with E-state index in [1.807, 2.05) is 48.5 Å². The molecule has 1 heterocycles. The zero-order chi connectivity index (χ0) is 21.0. The Kier molecular flexibility index (Phi) is 6.55. The number of amides is 2. The van der Waals surface area contributed by atoms with Gasteiger partial charge < -0.3 is 5.32 Å². The highest BCUT2D eigenvalue weighted by molar-refractivity contribution is 8.26. The van der Waals surface area contributed by atoms with Gasteiger partial charge in [0.2, 0.25) is 5.91 Å². The summed E-state index contributed by atoms with van der Waals surface area (Å²) in [7, 11) is 0. The lowest BCUT2D eigenvalue weighted by molar-refractivity contribution is -0.128. The fourth-order valence-corrected chi connectivity index (χ4v) is 4.12. The number of thiocarbonyl (C=S) groups is 1. The standard InChI is InChI=1S/C23H24N2O2S2/c1-23(2,3)18-11-9-16(10-12-18)13-19-21(27)25(22(28)29-19)15-20(26)24-14-17-7-5-4-6-8-17/h4-13H,14-15H2,1-3H3,(H,24,26)/b19-13-. The Balaban J connectivity index is 1.63. The van der Waals surface area contributed by atoms with Crippen molar-refractivity contribution in [2.45, 2.75) is 32.7 Å². The number of benzene rings is 2. The predicted octanol–water partition coefficient (Wildman–Crippen LogP) is 4.50. The van der Waals surface area contributed by atoms with E-state index < -0.39 is 0 Å². The second-order valence-corrected chi connectivity index (χ2v) is 9.58. The third-order valence-corrected chi connectivity index (χ3v) is 5.96. The molecule has 0 spiro atoms. The van der Waals surface area contributed by atoms with Crippen LogP contribution in [0, 0.1) is 0 Å². The van der Waals surface area contributed by atoms with Crippen LogP contribution in [0.15, 0.2) is 59.5 Å². The van der Waals surface area contributed by atoms with Crippen LogP contribution in [-0.2, 0) is 21.5 Å². The molecule has 1 saturated heterocycles. The highest BCUT2D eigenvalue weighted by Crippen LogP contribution is 2.32. The van der Waals surface area contributed by atoms with E-state index in [4.69, 9.17) is 12.2 Å². The molecule has 6 heteroatoms. The molecule has 0 atom stereocenters. The smallest absolute Gasteiger partial charge is 0.266 e. The molecule has 2 aromatic carbocycles. The lowest BCUT2D eigenvalue weighted by atomic mass is 9.87. The Morgan fingerprint density at radius 2 is 1.76 bits per heavy atom. The van der Waals surface area contributed by atoms with Crippen LogP contribution in [0.25, 0.3) is 6.08 Å². The highest BCUT2D eigenvalue weighted by Gasteiger charge is 2.33. The van der Waals surface area contributed by atoms with Gasteiger partial charge >= 0.3 is 0 Å². The fraction of sp³-hybridized carbons (Fsp3) is 0.261. The van der Waals surface area contributed by atoms with Crippen LogP contribution in [0.1, 0.15) is 37.5 Å². The second kappa shape index (κ2) is 8.93. The number of hydrogen-bond acceptors (Lipinski definition) is 4. The Morgan fingerprint density at radius 3 is 2.38 bits per heavy atom. The first-order valence-electron chi connectivity index (χ1n) is 9.40. The summed E-state index contributed by atoms with van der Waals surface area (Å²) < 4.78 is 0.405. The molecular weight excluding hydrogens is 400 g/mol. The van der Waals surface area contributed by atoms with Gasteiger partial charge in [0.05, 0.1) is 4.91 Å². The SMILES string of the molecule is CC(C)(C)c1ccc(/C=C2\SC(=S)N(CC(=O)NCc3ccccc3)C2=O)cc1. The Morgan fingerprint density at radius 1 is 1.10 bits per heavy atom. The van der Waals surface area contributed by atoms with Crippen LogP contribution >= 0.6 is 24.0 Å². The molecule has 0 unspecified atom stereocenters. The molecule has 29 heavy (non-hydrogen) atoms. The van der Waals surface area contributed by atoms with Crippen molar-refractivity contribution in [3.05, 3.63) is 76.2 Å². The number of nitrogens with one attached hydrogen (secondary N) is 1. The van der Waals surface area contributed by atoms with Crippen molar-refractivity contribution >= 4 is 46.2 Å². The number of hydrogen-bond donors (Lipinski definition) is 1. The van der Waals surface area contributed by atoms with Crippen molar-refractivity contribution < 1.29 is 9.59 Å². The van der Waals surface area contributed by atoms with E-state index in [9.17, 15) is 9.59 Å². The highest BCUT2D eigenvalue weighted by atomic mass is 32.2. The summed E-state index contributed by atoms with van der Waals surface area (Å²) in [6.07, 6.45) is 1.83. The summed E-state index contributed by atoms with van der Waals surface area (Å²) in [4.78, 5) is 26.9. The van der Waals surface area contributed by atoms with Crippen LogP contribution in [0.3, 0.4) is 0 Å². The third kappa shape index (κ3) is 5.55. The van der Waals surface area contributed by atoms with Crippen LogP contribution in [-0.4, -0.2) is 27.6 Å². The molecule has 1 aliphatic heterocycles. The number of nitrogens with zero attached hydrogens (tertiary/aromatic N) is 1. The third-order valence-electron chi connectivity index (χ3n) is 4.58. The van der Waals surface area contributed by atoms with Crippen molar-refractivity contribution in [1.29, 1.82) is 0 Å². The predicted molar refractivity (Wildman–Crippen MR) is 123 cm³/mol. The van der Waals surface area contributed by atoms with Gasteiger partial charge in [-0.15, -0.1) is 0 Å². The van der Waals surface area contributed by atoms with E-state index in [2.05, 4.69) is 38.2 Å². The maximum Gasteiger partial charge on any atom is 0.266 e. The molecule has 150 valence electrons. The summed E-state index contributed by atoms with van der Waals surface area (Å²) in [5.41, 5.74) is 3.25. The average molecular weight is 425 g/mol. The molecule has 0 aromatic heterocycles. The number of carbonyl (C=O) groups is 2. The van der Waals surface area contributed by atoms with E-state index in [-0.39, 0.29) is 23.8 Å². The van der Waals surface area contributed by atoms with Gasteiger partial charge in [0.15, 0.2) is 0 Å². The van der Waals surface area contributed by atoms with Gasteiger partial charge in [0.1, 0.15) is 10.9 Å². The molecule has 0 radical (unpaired) electrons. The second-order valence-electron chi connectivity index (χ2n) is 7.90. The molecule has 1 aliphatic rings. The van der Waals surface area contributed by atoms with E-state index in [1.54, 1.807) is 0 Å². The summed E-state index contributed by atoms with van der Waals surface area (Å²) in [5.74, 6) is -0.462. The lowest BCUT2D eigenvalue weighted by Crippen LogP contribution is -2.39. The minimum Gasteiger partial charge on any atom is -0.350 e.